The average molecular weight is 506 g/mol. The Morgan fingerprint density at radius 1 is 1.22 bits per heavy atom. The highest BCUT2D eigenvalue weighted by atomic mass is 32.1. The summed E-state index contributed by atoms with van der Waals surface area (Å²) in [5.74, 6) is 1.85. The van der Waals surface area contributed by atoms with E-state index in [9.17, 15) is 4.79 Å². The largest absolute Gasteiger partial charge is 0.494 e. The number of nitrogens with zero attached hydrogens (tertiary/aromatic N) is 5. The number of aromatic amines is 1. The molecule has 9 nitrogen and oxygen atoms in total. The molecule has 1 atom stereocenters. The molecular weight excluding hydrogens is 474 g/mol. The maximum Gasteiger partial charge on any atom is 0.226 e. The van der Waals surface area contributed by atoms with Crippen molar-refractivity contribution in [1.29, 1.82) is 0 Å². The molecule has 6 rings (SSSR count). The first-order valence-electron chi connectivity index (χ1n) is 12.5. The monoisotopic (exact) mass is 505 g/mol. The summed E-state index contributed by atoms with van der Waals surface area (Å²) in [4.78, 5) is 29.1. The van der Waals surface area contributed by atoms with Gasteiger partial charge in [-0.3, -0.25) is 9.89 Å². The van der Waals surface area contributed by atoms with E-state index in [1.807, 2.05) is 12.1 Å². The minimum absolute atomic E-state index is 0.0504. The molecule has 4 aromatic rings. The molecule has 10 heteroatoms. The molecule has 1 amide bonds. The third kappa shape index (κ3) is 4.08. The van der Waals surface area contributed by atoms with E-state index in [0.717, 1.165) is 77.8 Å². The quantitative estimate of drug-likeness (QED) is 0.423. The second-order valence-electron chi connectivity index (χ2n) is 10.0. The number of benzene rings is 1. The number of amides is 1. The Hall–Kier alpha value is -3.24. The van der Waals surface area contributed by atoms with E-state index >= 15 is 0 Å². The first-order valence-corrected chi connectivity index (χ1v) is 13.3. The number of rotatable bonds is 5. The zero-order valence-corrected chi connectivity index (χ0v) is 21.7. The predicted molar refractivity (Wildman–Crippen MR) is 142 cm³/mol. The van der Waals surface area contributed by atoms with Gasteiger partial charge in [-0.25, -0.2) is 9.97 Å². The summed E-state index contributed by atoms with van der Waals surface area (Å²) in [7, 11) is 5.92. The van der Waals surface area contributed by atoms with Gasteiger partial charge in [-0.1, -0.05) is 0 Å². The molecule has 0 radical (unpaired) electrons. The molecule has 1 aliphatic carbocycles. The topological polar surface area (TPSA) is 99.3 Å². The minimum Gasteiger partial charge on any atom is -0.494 e. The molecule has 1 saturated heterocycles. The molecule has 188 valence electrons. The molecule has 1 fully saturated rings. The van der Waals surface area contributed by atoms with Gasteiger partial charge in [-0.2, -0.15) is 5.10 Å². The molecule has 2 aliphatic rings. The van der Waals surface area contributed by atoms with E-state index < -0.39 is 0 Å². The lowest BCUT2D eigenvalue weighted by atomic mass is 9.86. The van der Waals surface area contributed by atoms with Crippen LogP contribution in [0.3, 0.4) is 0 Å². The number of H-pyrrole nitrogens is 1. The fraction of sp³-hybridized carbons (Fsp3) is 0.462. The van der Waals surface area contributed by atoms with Crippen LogP contribution >= 0.6 is 11.3 Å². The van der Waals surface area contributed by atoms with Gasteiger partial charge in [0.2, 0.25) is 5.91 Å². The normalized spacial score (nSPS) is 18.7. The van der Waals surface area contributed by atoms with Crippen LogP contribution in [0.25, 0.3) is 21.1 Å². The highest BCUT2D eigenvalue weighted by molar-refractivity contribution is 7.19. The number of methoxy groups -OCH3 is 1. The third-order valence-electron chi connectivity index (χ3n) is 7.71. The zero-order chi connectivity index (χ0) is 24.8. The number of anilines is 2. The molecule has 4 heterocycles. The van der Waals surface area contributed by atoms with E-state index in [2.05, 4.69) is 49.4 Å². The number of hydrogen-bond acceptors (Lipinski definition) is 8. The van der Waals surface area contributed by atoms with Crippen molar-refractivity contribution < 1.29 is 9.53 Å². The summed E-state index contributed by atoms with van der Waals surface area (Å²) < 4.78 is 5.62. The van der Waals surface area contributed by atoms with Gasteiger partial charge < -0.3 is 19.9 Å². The van der Waals surface area contributed by atoms with Crippen LogP contribution in [-0.2, 0) is 17.6 Å². The summed E-state index contributed by atoms with van der Waals surface area (Å²) in [6, 6.07) is 4.52. The predicted octanol–water partition coefficient (Wildman–Crippen LogP) is 3.98. The van der Waals surface area contributed by atoms with Crippen LogP contribution in [0, 0.1) is 5.92 Å². The highest BCUT2D eigenvalue weighted by Crippen LogP contribution is 2.42. The summed E-state index contributed by atoms with van der Waals surface area (Å²) in [5.41, 5.74) is 3.02. The first kappa shape index (κ1) is 23.2. The number of aryl methyl sites for hydroxylation is 1. The molecule has 2 N–H and O–H groups in total. The van der Waals surface area contributed by atoms with Gasteiger partial charge in [-0.05, 0) is 57.8 Å². The number of piperidine rings is 1. The lowest BCUT2D eigenvalue weighted by Gasteiger charge is -2.37. The summed E-state index contributed by atoms with van der Waals surface area (Å²) in [5, 5.41) is 12.7. The number of fused-ring (bicyclic) bond motifs is 4. The van der Waals surface area contributed by atoms with Crippen molar-refractivity contribution in [2.75, 3.05) is 39.6 Å². The number of ether oxygens (including phenoxy) is 1. The van der Waals surface area contributed by atoms with Gasteiger partial charge in [0.1, 0.15) is 22.7 Å². The van der Waals surface area contributed by atoms with E-state index in [0.29, 0.717) is 17.7 Å². The van der Waals surface area contributed by atoms with Crippen LogP contribution in [0.1, 0.15) is 29.7 Å². The number of aromatic nitrogens is 4. The Kier molecular flexibility index (Phi) is 6.00. The molecule has 36 heavy (non-hydrogen) atoms. The van der Waals surface area contributed by atoms with Crippen LogP contribution in [0.5, 0.6) is 5.75 Å². The van der Waals surface area contributed by atoms with Gasteiger partial charge in [0.15, 0.2) is 0 Å². The lowest BCUT2D eigenvalue weighted by Crippen LogP contribution is -2.47. The number of carbonyl (C=O) groups is 1. The summed E-state index contributed by atoms with van der Waals surface area (Å²) in [6.45, 7) is 1.72. The Labute approximate surface area is 213 Å². The lowest BCUT2D eigenvalue weighted by molar-refractivity contribution is -0.137. The van der Waals surface area contributed by atoms with Crippen molar-refractivity contribution in [3.05, 3.63) is 35.1 Å². The van der Waals surface area contributed by atoms with Crippen molar-refractivity contribution >= 4 is 49.9 Å². The van der Waals surface area contributed by atoms with E-state index in [1.165, 1.54) is 10.4 Å². The van der Waals surface area contributed by atoms with Crippen LogP contribution in [0.15, 0.2) is 24.7 Å². The van der Waals surface area contributed by atoms with Crippen molar-refractivity contribution in [3.8, 4) is 5.75 Å². The van der Waals surface area contributed by atoms with E-state index in [1.54, 1.807) is 31.0 Å². The van der Waals surface area contributed by atoms with Gasteiger partial charge in [0, 0.05) is 41.4 Å². The fourth-order valence-electron chi connectivity index (χ4n) is 5.64. The van der Waals surface area contributed by atoms with Gasteiger partial charge in [0.25, 0.3) is 0 Å². The smallest absolute Gasteiger partial charge is 0.226 e. The van der Waals surface area contributed by atoms with Crippen molar-refractivity contribution in [1.82, 2.24) is 30.0 Å². The number of thiophene rings is 1. The van der Waals surface area contributed by atoms with Crippen molar-refractivity contribution in [2.45, 2.75) is 38.1 Å². The van der Waals surface area contributed by atoms with Crippen molar-refractivity contribution in [3.63, 3.8) is 0 Å². The molecule has 0 unspecified atom stereocenters. The van der Waals surface area contributed by atoms with Crippen LogP contribution in [0.4, 0.5) is 11.5 Å². The van der Waals surface area contributed by atoms with Crippen LogP contribution in [-0.4, -0.2) is 76.2 Å². The van der Waals surface area contributed by atoms with Crippen LogP contribution in [0.2, 0.25) is 0 Å². The second-order valence-corrected chi connectivity index (χ2v) is 11.1. The maximum atomic E-state index is 13.4. The SMILES string of the molecule is COc1cc2[nH]ncc2cc1Nc1ncnc2sc3c(c12)CC[C@H](C(=O)N1CCC(N(C)C)CC1)C3. The van der Waals surface area contributed by atoms with E-state index in [-0.39, 0.29) is 5.92 Å². The number of hydrogen-bond donors (Lipinski definition) is 2. The van der Waals surface area contributed by atoms with Gasteiger partial charge >= 0.3 is 0 Å². The molecule has 3 aromatic heterocycles. The maximum absolute atomic E-state index is 13.4. The fourth-order valence-corrected chi connectivity index (χ4v) is 6.91. The molecule has 0 saturated carbocycles. The van der Waals surface area contributed by atoms with Crippen LogP contribution < -0.4 is 10.1 Å². The molecule has 0 bridgehead atoms. The Bertz CT molecular complexity index is 1420. The Balaban J connectivity index is 1.25. The molecule has 1 aromatic carbocycles. The standard InChI is InChI=1S/C26H31N7O2S/c1-32(2)17-6-8-33(9-7-17)26(34)15-4-5-18-22(11-15)36-25-23(18)24(27-14-28-25)30-20-10-16-13-29-31-19(16)12-21(20)35-3/h10,12-15,17H,4-9,11H2,1-3H3,(H,29,31)(H,27,28,30)/t15-/m0/s1. The Morgan fingerprint density at radius 3 is 2.83 bits per heavy atom. The number of nitrogens with one attached hydrogen (secondary N) is 2. The molecule has 0 spiro atoms. The minimum atomic E-state index is 0.0504. The second kappa shape index (κ2) is 9.33. The van der Waals surface area contributed by atoms with Gasteiger partial charge in [0.05, 0.1) is 29.9 Å². The third-order valence-corrected chi connectivity index (χ3v) is 8.88. The van der Waals surface area contributed by atoms with E-state index in [4.69, 9.17) is 4.74 Å². The highest BCUT2D eigenvalue weighted by Gasteiger charge is 2.33. The summed E-state index contributed by atoms with van der Waals surface area (Å²) in [6.07, 6.45) is 8.02. The molecular formula is C26H31N7O2S. The summed E-state index contributed by atoms with van der Waals surface area (Å²) >= 11 is 1.70. The number of likely N-dealkylation sites (tertiary alicyclic amines) is 1. The zero-order valence-electron chi connectivity index (χ0n) is 20.9. The molecule has 1 aliphatic heterocycles. The average Bonchev–Trinajstić information content (AvgIpc) is 3.51. The first-order chi connectivity index (χ1) is 17.5. The van der Waals surface area contributed by atoms with Crippen molar-refractivity contribution in [2.24, 2.45) is 5.92 Å². The Morgan fingerprint density at radius 2 is 2.06 bits per heavy atom. The van der Waals surface area contributed by atoms with Gasteiger partial charge in [-0.15, -0.1) is 11.3 Å². The number of carbonyl (C=O) groups excluding carboxylic acids is 1.